The van der Waals surface area contributed by atoms with Gasteiger partial charge >= 0.3 is 0 Å². The Morgan fingerprint density at radius 1 is 1.57 bits per heavy atom. The smallest absolute Gasteiger partial charge is 0.221 e. The minimum Gasteiger partial charge on any atom is -0.504 e. The molecule has 0 spiro atoms. The van der Waals surface area contributed by atoms with Crippen molar-refractivity contribution >= 4 is 12.0 Å². The molecule has 0 aliphatic carbocycles. The van der Waals surface area contributed by atoms with Crippen molar-refractivity contribution in [3.8, 4) is 5.75 Å². The van der Waals surface area contributed by atoms with E-state index in [-0.39, 0.29) is 6.42 Å². The van der Waals surface area contributed by atoms with Crippen molar-refractivity contribution in [3.05, 3.63) is 35.7 Å². The maximum atomic E-state index is 12.8. The van der Waals surface area contributed by atoms with Gasteiger partial charge in [-0.2, -0.15) is 0 Å². The third-order valence-corrected chi connectivity index (χ3v) is 1.63. The molecule has 0 fully saturated rings. The molecule has 0 radical (unpaired) electrons. The first-order chi connectivity index (χ1) is 6.61. The number of carbonyl (C=O) groups excluding carboxylic acids is 1. The lowest BCUT2D eigenvalue weighted by molar-refractivity contribution is -0.117. The van der Waals surface area contributed by atoms with E-state index < -0.39 is 17.5 Å². The number of aromatic hydroxyl groups is 1. The van der Waals surface area contributed by atoms with Gasteiger partial charge in [-0.15, -0.1) is 0 Å². The van der Waals surface area contributed by atoms with Crippen molar-refractivity contribution in [2.24, 2.45) is 5.73 Å². The second-order valence-electron chi connectivity index (χ2n) is 2.75. The minimum absolute atomic E-state index is 0.0654. The van der Waals surface area contributed by atoms with Crippen LogP contribution in [0.5, 0.6) is 5.75 Å². The van der Waals surface area contributed by atoms with Crippen LogP contribution in [0.4, 0.5) is 4.39 Å². The normalized spacial score (nSPS) is 10.6. The first-order valence-electron chi connectivity index (χ1n) is 4.03. The molecule has 14 heavy (non-hydrogen) atoms. The maximum Gasteiger partial charge on any atom is 0.221 e. The van der Waals surface area contributed by atoms with Gasteiger partial charge in [-0.25, -0.2) is 4.39 Å². The van der Waals surface area contributed by atoms with Crippen molar-refractivity contribution in [3.63, 3.8) is 0 Å². The standard InChI is InChI=1S/C10H10FNO2/c11-8-5-1-3-7(10(8)14)4-2-6-9(12)13/h1-5,14H,6H2,(H2,12,13). The summed E-state index contributed by atoms with van der Waals surface area (Å²) in [6.07, 6.45) is 2.98. The SMILES string of the molecule is NC(=O)CC=Cc1cccc(F)c1O. The van der Waals surface area contributed by atoms with E-state index in [1.54, 1.807) is 0 Å². The molecule has 74 valence electrons. The fourth-order valence-corrected chi connectivity index (χ4v) is 0.969. The molecule has 0 unspecified atom stereocenters. The Kier molecular flexibility index (Phi) is 3.23. The molecule has 0 saturated carbocycles. The Balaban J connectivity index is 2.81. The lowest BCUT2D eigenvalue weighted by Crippen LogP contribution is -2.07. The van der Waals surface area contributed by atoms with Gasteiger partial charge in [0.05, 0.1) is 0 Å². The van der Waals surface area contributed by atoms with E-state index in [4.69, 9.17) is 5.73 Å². The molecular weight excluding hydrogens is 185 g/mol. The third-order valence-electron chi connectivity index (χ3n) is 1.63. The summed E-state index contributed by atoms with van der Waals surface area (Å²) in [5.41, 5.74) is 5.22. The number of phenolic OH excluding ortho intramolecular Hbond substituents is 1. The molecule has 0 aliphatic rings. The van der Waals surface area contributed by atoms with E-state index in [1.807, 2.05) is 0 Å². The van der Waals surface area contributed by atoms with Gasteiger partial charge in [0.15, 0.2) is 11.6 Å². The zero-order chi connectivity index (χ0) is 10.6. The highest BCUT2D eigenvalue weighted by Crippen LogP contribution is 2.21. The summed E-state index contributed by atoms with van der Waals surface area (Å²) in [5, 5.41) is 9.22. The predicted octanol–water partition coefficient (Wildman–Crippen LogP) is 1.42. The Bertz CT molecular complexity index is 374. The van der Waals surface area contributed by atoms with Crippen LogP contribution in [-0.2, 0) is 4.79 Å². The van der Waals surface area contributed by atoms with Gasteiger partial charge in [0, 0.05) is 12.0 Å². The molecule has 3 N–H and O–H groups in total. The molecule has 0 aromatic heterocycles. The van der Waals surface area contributed by atoms with Crippen molar-refractivity contribution in [2.75, 3.05) is 0 Å². The van der Waals surface area contributed by atoms with Gasteiger partial charge in [-0.3, -0.25) is 4.79 Å². The summed E-state index contributed by atoms with van der Waals surface area (Å²) in [4.78, 5) is 10.4. The Morgan fingerprint density at radius 3 is 2.93 bits per heavy atom. The molecule has 0 aliphatic heterocycles. The fraction of sp³-hybridized carbons (Fsp3) is 0.100. The highest BCUT2D eigenvalue weighted by Gasteiger charge is 2.02. The van der Waals surface area contributed by atoms with Gasteiger partial charge in [0.1, 0.15) is 0 Å². The molecule has 0 atom stereocenters. The largest absolute Gasteiger partial charge is 0.504 e. The number of hydrogen-bond acceptors (Lipinski definition) is 2. The van der Waals surface area contributed by atoms with Gasteiger partial charge < -0.3 is 10.8 Å². The monoisotopic (exact) mass is 195 g/mol. The van der Waals surface area contributed by atoms with Gasteiger partial charge in [-0.1, -0.05) is 24.3 Å². The average molecular weight is 195 g/mol. The zero-order valence-corrected chi connectivity index (χ0v) is 7.40. The van der Waals surface area contributed by atoms with Crippen LogP contribution < -0.4 is 5.73 Å². The quantitative estimate of drug-likeness (QED) is 0.766. The third kappa shape index (κ3) is 2.58. The number of rotatable bonds is 3. The molecule has 4 heteroatoms. The number of hydrogen-bond donors (Lipinski definition) is 2. The first-order valence-corrected chi connectivity index (χ1v) is 4.03. The van der Waals surface area contributed by atoms with Crippen molar-refractivity contribution in [1.82, 2.24) is 0 Å². The number of para-hydroxylation sites is 1. The summed E-state index contributed by atoms with van der Waals surface area (Å²) in [5.74, 6) is -1.59. The molecule has 0 saturated heterocycles. The summed E-state index contributed by atoms with van der Waals surface area (Å²) in [7, 11) is 0. The van der Waals surface area contributed by atoms with Gasteiger partial charge in [-0.05, 0) is 6.07 Å². The second kappa shape index (κ2) is 4.41. The molecular formula is C10H10FNO2. The highest BCUT2D eigenvalue weighted by molar-refractivity contribution is 5.76. The van der Waals surface area contributed by atoms with Crippen molar-refractivity contribution < 1.29 is 14.3 Å². The Labute approximate surface area is 80.7 Å². The van der Waals surface area contributed by atoms with E-state index in [9.17, 15) is 14.3 Å². The minimum atomic E-state index is -0.689. The van der Waals surface area contributed by atoms with E-state index in [0.717, 1.165) is 6.07 Å². The summed E-state index contributed by atoms with van der Waals surface area (Å²) >= 11 is 0. The molecule has 0 bridgehead atoms. The van der Waals surface area contributed by atoms with Crippen LogP contribution in [0.15, 0.2) is 24.3 Å². The van der Waals surface area contributed by atoms with Crippen LogP contribution in [0, 0.1) is 5.82 Å². The zero-order valence-electron chi connectivity index (χ0n) is 7.40. The van der Waals surface area contributed by atoms with E-state index in [1.165, 1.54) is 24.3 Å². The average Bonchev–Trinajstić information content (AvgIpc) is 2.12. The van der Waals surface area contributed by atoms with Gasteiger partial charge in [0.25, 0.3) is 0 Å². The lowest BCUT2D eigenvalue weighted by Gasteiger charge is -1.98. The Morgan fingerprint density at radius 2 is 2.29 bits per heavy atom. The maximum absolute atomic E-state index is 12.8. The van der Waals surface area contributed by atoms with Gasteiger partial charge in [0.2, 0.25) is 5.91 Å². The summed E-state index contributed by atoms with van der Waals surface area (Å²) in [6.45, 7) is 0. The summed E-state index contributed by atoms with van der Waals surface area (Å²) in [6, 6.07) is 4.16. The fourth-order valence-electron chi connectivity index (χ4n) is 0.969. The van der Waals surface area contributed by atoms with E-state index in [2.05, 4.69) is 0 Å². The molecule has 1 aromatic carbocycles. The number of halogens is 1. The Hall–Kier alpha value is -1.84. The van der Waals surface area contributed by atoms with E-state index in [0.29, 0.717) is 5.56 Å². The number of phenols is 1. The number of primary amides is 1. The molecule has 0 heterocycles. The number of benzene rings is 1. The molecule has 1 aromatic rings. The van der Waals surface area contributed by atoms with Crippen LogP contribution in [0.2, 0.25) is 0 Å². The summed E-state index contributed by atoms with van der Waals surface area (Å²) < 4.78 is 12.8. The van der Waals surface area contributed by atoms with Crippen LogP contribution in [-0.4, -0.2) is 11.0 Å². The van der Waals surface area contributed by atoms with Crippen LogP contribution in [0.1, 0.15) is 12.0 Å². The molecule has 1 rings (SSSR count). The lowest BCUT2D eigenvalue weighted by atomic mass is 10.1. The van der Waals surface area contributed by atoms with Crippen molar-refractivity contribution in [2.45, 2.75) is 6.42 Å². The highest BCUT2D eigenvalue weighted by atomic mass is 19.1. The number of nitrogens with two attached hydrogens (primary N) is 1. The van der Waals surface area contributed by atoms with Crippen LogP contribution in [0.25, 0.3) is 6.08 Å². The van der Waals surface area contributed by atoms with Crippen molar-refractivity contribution in [1.29, 1.82) is 0 Å². The number of amides is 1. The first kappa shape index (κ1) is 10.2. The predicted molar refractivity (Wildman–Crippen MR) is 50.9 cm³/mol. The van der Waals surface area contributed by atoms with E-state index >= 15 is 0 Å². The van der Waals surface area contributed by atoms with Crippen LogP contribution >= 0.6 is 0 Å². The topological polar surface area (TPSA) is 63.3 Å². The second-order valence-corrected chi connectivity index (χ2v) is 2.75. The number of carbonyl (C=O) groups is 1. The van der Waals surface area contributed by atoms with Crippen LogP contribution in [0.3, 0.4) is 0 Å². The molecule has 1 amide bonds. The molecule has 3 nitrogen and oxygen atoms in total.